The number of benzene rings is 1. The van der Waals surface area contributed by atoms with E-state index in [1.54, 1.807) is 6.08 Å². The first-order chi connectivity index (χ1) is 21.9. The maximum Gasteiger partial charge on any atom is 0.330 e. The van der Waals surface area contributed by atoms with Crippen LogP contribution < -0.4 is 9.47 Å². The van der Waals surface area contributed by atoms with Crippen molar-refractivity contribution < 1.29 is 38.8 Å². The van der Waals surface area contributed by atoms with Crippen LogP contribution in [-0.4, -0.2) is 50.2 Å². The minimum Gasteiger partial charge on any atom is -0.506 e. The van der Waals surface area contributed by atoms with Gasteiger partial charge in [0.15, 0.2) is 22.8 Å². The topological polar surface area (TPSA) is 119 Å². The van der Waals surface area contributed by atoms with Crippen molar-refractivity contribution in [3.05, 3.63) is 68.9 Å². The van der Waals surface area contributed by atoms with Gasteiger partial charge in [-0.3, -0.25) is 9.59 Å². The van der Waals surface area contributed by atoms with Crippen molar-refractivity contribution in [3.8, 4) is 17.2 Å². The first-order valence-corrected chi connectivity index (χ1v) is 16.6. The number of ether oxygens (including phenoxy) is 3. The molecule has 47 heavy (non-hydrogen) atoms. The van der Waals surface area contributed by atoms with Crippen LogP contribution in [0, 0.1) is 11.8 Å². The fourth-order valence-electron chi connectivity index (χ4n) is 8.21. The van der Waals surface area contributed by atoms with Gasteiger partial charge in [-0.25, -0.2) is 4.79 Å². The molecule has 1 saturated carbocycles. The first kappa shape index (κ1) is 33.0. The van der Waals surface area contributed by atoms with E-state index in [-0.39, 0.29) is 40.8 Å². The van der Waals surface area contributed by atoms with Crippen molar-refractivity contribution >= 4 is 23.6 Å². The third kappa shape index (κ3) is 4.69. The Labute approximate surface area is 276 Å². The molecule has 8 nitrogen and oxygen atoms in total. The zero-order chi connectivity index (χ0) is 34.4. The molecule has 1 spiro atoms. The van der Waals surface area contributed by atoms with Gasteiger partial charge in [0.2, 0.25) is 0 Å². The van der Waals surface area contributed by atoms with E-state index >= 15 is 0 Å². The Kier molecular flexibility index (Phi) is 7.59. The average Bonchev–Trinajstić information content (AvgIpc) is 3.15. The summed E-state index contributed by atoms with van der Waals surface area (Å²) in [7, 11) is 0. The Bertz CT molecular complexity index is 1780. The van der Waals surface area contributed by atoms with E-state index in [2.05, 4.69) is 20.8 Å². The van der Waals surface area contributed by atoms with E-state index in [4.69, 9.17) is 14.2 Å². The maximum absolute atomic E-state index is 14.8. The number of rotatable bonds is 8. The highest BCUT2D eigenvalue weighted by molar-refractivity contribution is 6.19. The number of hydrogen-bond donors (Lipinski definition) is 2. The van der Waals surface area contributed by atoms with Crippen LogP contribution in [-0.2, 0) is 20.7 Å². The molecule has 1 aromatic carbocycles. The van der Waals surface area contributed by atoms with E-state index in [1.807, 2.05) is 52.8 Å². The number of phenols is 1. The number of fused-ring (bicyclic) bond motifs is 2. The van der Waals surface area contributed by atoms with Gasteiger partial charge < -0.3 is 24.4 Å². The van der Waals surface area contributed by atoms with Gasteiger partial charge in [-0.15, -0.1) is 0 Å². The highest BCUT2D eigenvalue weighted by atomic mass is 16.6. The summed E-state index contributed by atoms with van der Waals surface area (Å²) in [5.41, 5.74) is 0.367. The minimum absolute atomic E-state index is 0.0552. The summed E-state index contributed by atoms with van der Waals surface area (Å²) >= 11 is 0. The Balaban J connectivity index is 1.58. The number of carboxylic acid groups (broad SMARTS) is 1. The van der Waals surface area contributed by atoms with Gasteiger partial charge in [-0.1, -0.05) is 34.9 Å². The van der Waals surface area contributed by atoms with Crippen LogP contribution in [0.1, 0.15) is 109 Å². The lowest BCUT2D eigenvalue weighted by molar-refractivity contribution is -0.171. The van der Waals surface area contributed by atoms with Gasteiger partial charge in [0.1, 0.15) is 28.4 Å². The zero-order valence-electron chi connectivity index (χ0n) is 28.9. The molecule has 5 atom stereocenters. The van der Waals surface area contributed by atoms with Gasteiger partial charge in [0, 0.05) is 35.0 Å². The van der Waals surface area contributed by atoms with Crippen LogP contribution in [0.4, 0.5) is 0 Å². The molecule has 1 aromatic rings. The largest absolute Gasteiger partial charge is 0.506 e. The molecule has 4 bridgehead atoms. The average molecular weight is 643 g/mol. The van der Waals surface area contributed by atoms with Gasteiger partial charge >= 0.3 is 5.97 Å². The Morgan fingerprint density at radius 2 is 1.72 bits per heavy atom. The van der Waals surface area contributed by atoms with Crippen LogP contribution in [0.2, 0.25) is 0 Å². The van der Waals surface area contributed by atoms with Crippen LogP contribution >= 0.6 is 0 Å². The lowest BCUT2D eigenvalue weighted by Crippen LogP contribution is -2.72. The lowest BCUT2D eigenvalue weighted by Gasteiger charge is -2.56. The first-order valence-electron chi connectivity index (χ1n) is 16.6. The molecule has 8 heteroatoms. The molecule has 7 rings (SSSR count). The SMILES string of the molecule is CC(C)=CCc1c2c(c(O)c3c1O[C@]14C(=CC5CC1C(C)(C)O[C@@]4(C/C=C(/C)C(=O)O)C5=O)C3=O)C=C[C@](C)(CCC(C)=C(C)C)O2. The van der Waals surface area contributed by atoms with Gasteiger partial charge in [0.05, 0.1) is 11.2 Å². The number of Topliss-reactive ketones (excluding diaryl/α,β-unsaturated/α-hetero) is 2. The molecule has 2 fully saturated rings. The van der Waals surface area contributed by atoms with Crippen LogP contribution in [0.25, 0.3) is 6.08 Å². The Morgan fingerprint density at radius 3 is 2.36 bits per heavy atom. The molecular formula is C39H46O8. The summed E-state index contributed by atoms with van der Waals surface area (Å²) < 4.78 is 20.7. The van der Waals surface area contributed by atoms with Crippen molar-refractivity contribution in [1.29, 1.82) is 0 Å². The van der Waals surface area contributed by atoms with Crippen LogP contribution in [0.15, 0.2) is 52.2 Å². The Morgan fingerprint density at radius 1 is 1.02 bits per heavy atom. The number of ketones is 2. The van der Waals surface area contributed by atoms with E-state index < -0.39 is 40.1 Å². The van der Waals surface area contributed by atoms with Crippen LogP contribution in [0.5, 0.6) is 17.2 Å². The maximum atomic E-state index is 14.8. The molecule has 0 aromatic heterocycles. The molecular weight excluding hydrogens is 596 g/mol. The number of allylic oxidation sites excluding steroid dienone is 5. The predicted octanol–water partition coefficient (Wildman–Crippen LogP) is 7.63. The quantitative estimate of drug-likeness (QED) is 0.220. The molecule has 3 aliphatic heterocycles. The fraction of sp³-hybridized carbons (Fsp3) is 0.513. The summed E-state index contributed by atoms with van der Waals surface area (Å²) in [5, 5.41) is 21.5. The molecule has 0 amide bonds. The standard InChI is InChI=1S/C39H46O8/c1-20(2)10-11-26-32-25(14-16-37(9,45-32)15-12-22(5)21(3)4)30(40)29-31(41)27-18-24-19-28-36(7,8)47-38(34(24)42,17-13-23(6)35(43)44)39(27,28)46-33(26)29/h10,13-14,16,18,24,28,40H,11-12,15,17,19H2,1-9H3,(H,43,44)/b23-13-/t24?,28?,37-,38-,39+/m0/s1. The monoisotopic (exact) mass is 642 g/mol. The lowest BCUT2D eigenvalue weighted by atomic mass is 9.51. The molecule has 3 heterocycles. The number of carbonyl (C=O) groups excluding carboxylic acids is 2. The smallest absolute Gasteiger partial charge is 0.330 e. The summed E-state index contributed by atoms with van der Waals surface area (Å²) in [6.45, 7) is 17.6. The number of carbonyl (C=O) groups is 3. The second-order valence-electron chi connectivity index (χ2n) is 15.2. The molecule has 3 aliphatic carbocycles. The number of phenolic OH excluding ortho intramolecular Hbond substituents is 1. The second kappa shape index (κ2) is 10.8. The zero-order valence-corrected chi connectivity index (χ0v) is 28.9. The van der Waals surface area contributed by atoms with Crippen molar-refractivity contribution in [1.82, 2.24) is 0 Å². The van der Waals surface area contributed by atoms with E-state index in [0.717, 1.165) is 12.0 Å². The van der Waals surface area contributed by atoms with Gasteiger partial charge in [-0.2, -0.15) is 0 Å². The van der Waals surface area contributed by atoms with Crippen molar-refractivity contribution in [2.24, 2.45) is 11.8 Å². The van der Waals surface area contributed by atoms with Crippen molar-refractivity contribution in [2.45, 2.75) is 117 Å². The van der Waals surface area contributed by atoms with Crippen molar-refractivity contribution in [3.63, 3.8) is 0 Å². The summed E-state index contributed by atoms with van der Waals surface area (Å²) in [6, 6.07) is 0. The third-order valence-electron chi connectivity index (χ3n) is 11.1. The second-order valence-corrected chi connectivity index (χ2v) is 15.2. The summed E-state index contributed by atoms with van der Waals surface area (Å²) in [6.07, 6.45) is 11.3. The van der Waals surface area contributed by atoms with Gasteiger partial charge in [-0.05, 0) is 100 Å². The number of hydrogen-bond acceptors (Lipinski definition) is 7. The fourth-order valence-corrected chi connectivity index (χ4v) is 8.21. The molecule has 0 radical (unpaired) electrons. The normalized spacial score (nSPS) is 30.8. The van der Waals surface area contributed by atoms with E-state index in [1.165, 1.54) is 24.1 Å². The van der Waals surface area contributed by atoms with Crippen molar-refractivity contribution in [2.75, 3.05) is 0 Å². The molecule has 6 aliphatic rings. The number of carboxylic acids is 1. The third-order valence-corrected chi connectivity index (χ3v) is 11.1. The number of aromatic hydroxyl groups is 1. The highest BCUT2D eigenvalue weighted by Gasteiger charge is 2.81. The van der Waals surface area contributed by atoms with Gasteiger partial charge in [0.25, 0.3) is 0 Å². The van der Waals surface area contributed by atoms with E-state index in [9.17, 15) is 24.6 Å². The summed E-state index contributed by atoms with van der Waals surface area (Å²) in [4.78, 5) is 40.9. The molecule has 2 unspecified atom stereocenters. The summed E-state index contributed by atoms with van der Waals surface area (Å²) in [5.74, 6) is -2.27. The number of aliphatic carboxylic acids is 1. The minimum atomic E-state index is -1.63. The Hall–Kier alpha value is -3.91. The predicted molar refractivity (Wildman–Crippen MR) is 179 cm³/mol. The molecule has 250 valence electrons. The highest BCUT2D eigenvalue weighted by Crippen LogP contribution is 2.68. The van der Waals surface area contributed by atoms with E-state index in [0.29, 0.717) is 41.7 Å². The molecule has 1 saturated heterocycles. The van der Waals surface area contributed by atoms with Crippen LogP contribution in [0.3, 0.4) is 0 Å². The molecule has 2 N–H and O–H groups in total.